The third-order valence-electron chi connectivity index (χ3n) is 4.33. The van der Waals surface area contributed by atoms with Crippen LogP contribution in [0.1, 0.15) is 21.8 Å². The maximum absolute atomic E-state index is 12.4. The summed E-state index contributed by atoms with van der Waals surface area (Å²) in [7, 11) is 0. The van der Waals surface area contributed by atoms with Crippen molar-refractivity contribution < 1.29 is 14.0 Å². The monoisotopic (exact) mass is 417 g/mol. The predicted molar refractivity (Wildman–Crippen MR) is 118 cm³/mol. The number of hydrogen-bond acceptors (Lipinski definition) is 5. The maximum atomic E-state index is 12.4. The summed E-state index contributed by atoms with van der Waals surface area (Å²) >= 11 is 1.53. The van der Waals surface area contributed by atoms with E-state index in [2.05, 4.69) is 21.7 Å². The first-order valence-electron chi connectivity index (χ1n) is 9.33. The minimum Gasteiger partial charge on any atom is -0.459 e. The smallest absolute Gasteiger partial charge is 0.291 e. The molecule has 0 aliphatic rings. The molecular weight excluding hydrogens is 398 g/mol. The van der Waals surface area contributed by atoms with Crippen LogP contribution in [0.4, 0.5) is 11.4 Å². The lowest BCUT2D eigenvalue weighted by Crippen LogP contribution is -2.15. The zero-order valence-electron chi connectivity index (χ0n) is 16.2. The van der Waals surface area contributed by atoms with Crippen molar-refractivity contribution >= 4 is 34.5 Å². The van der Waals surface area contributed by atoms with Gasteiger partial charge in [-0.2, -0.15) is 0 Å². The first-order chi connectivity index (χ1) is 14.6. The average molecular weight is 417 g/mol. The van der Waals surface area contributed by atoms with Crippen LogP contribution >= 0.6 is 11.3 Å². The van der Waals surface area contributed by atoms with Gasteiger partial charge in [-0.1, -0.05) is 23.8 Å². The van der Waals surface area contributed by atoms with Crippen molar-refractivity contribution in [2.45, 2.75) is 13.3 Å². The molecule has 0 bridgehead atoms. The fraction of sp³-hybridized carbons (Fsp3) is 0.0870. The van der Waals surface area contributed by atoms with E-state index in [0.29, 0.717) is 11.4 Å². The van der Waals surface area contributed by atoms with Gasteiger partial charge in [0.1, 0.15) is 5.01 Å². The van der Waals surface area contributed by atoms with Crippen molar-refractivity contribution in [2.75, 3.05) is 10.6 Å². The first kappa shape index (κ1) is 19.6. The Bertz CT molecular complexity index is 1160. The molecule has 0 radical (unpaired) electrons. The number of amides is 2. The summed E-state index contributed by atoms with van der Waals surface area (Å²) < 4.78 is 5.06. The molecular formula is C23H19N3O3S. The molecule has 0 unspecified atom stereocenters. The molecule has 2 N–H and O–H groups in total. The van der Waals surface area contributed by atoms with Crippen LogP contribution in [0.5, 0.6) is 0 Å². The second kappa shape index (κ2) is 8.75. The zero-order valence-corrected chi connectivity index (χ0v) is 17.0. The molecule has 0 saturated heterocycles. The van der Waals surface area contributed by atoms with Gasteiger partial charge in [-0.05, 0) is 49.4 Å². The Morgan fingerprint density at radius 2 is 1.77 bits per heavy atom. The number of nitrogens with one attached hydrogen (secondary N) is 2. The summed E-state index contributed by atoms with van der Waals surface area (Å²) in [6.07, 6.45) is 1.64. The fourth-order valence-corrected chi connectivity index (χ4v) is 3.72. The zero-order chi connectivity index (χ0) is 20.9. The Kier molecular flexibility index (Phi) is 5.72. The number of thiazole rings is 1. The van der Waals surface area contributed by atoms with E-state index in [1.165, 1.54) is 23.2 Å². The van der Waals surface area contributed by atoms with E-state index in [1.807, 2.05) is 30.5 Å². The molecule has 0 aliphatic heterocycles. The SMILES string of the molecule is Cc1cccc(-c2nc(CC(=O)Nc3ccc(NC(=O)c4ccco4)cc3)cs2)c1. The fourth-order valence-electron chi connectivity index (χ4n) is 2.91. The standard InChI is InChI=1S/C23H19N3O3S/c1-15-4-2-5-16(12-15)23-26-19(14-30-23)13-21(27)24-17-7-9-18(10-8-17)25-22(28)20-6-3-11-29-20/h2-12,14H,13H2,1H3,(H,24,27)(H,25,28). The largest absolute Gasteiger partial charge is 0.459 e. The number of nitrogens with zero attached hydrogens (tertiary/aromatic N) is 1. The second-order valence-corrected chi connectivity index (χ2v) is 7.61. The Labute approximate surface area is 177 Å². The number of aryl methyl sites for hydroxylation is 1. The highest BCUT2D eigenvalue weighted by molar-refractivity contribution is 7.13. The van der Waals surface area contributed by atoms with Crippen molar-refractivity contribution in [2.24, 2.45) is 0 Å². The van der Waals surface area contributed by atoms with Gasteiger partial charge < -0.3 is 15.1 Å². The van der Waals surface area contributed by atoms with E-state index in [1.54, 1.807) is 36.4 Å². The van der Waals surface area contributed by atoms with Gasteiger partial charge in [-0.25, -0.2) is 4.98 Å². The first-order valence-corrected chi connectivity index (χ1v) is 10.2. The number of benzene rings is 2. The molecule has 6 nitrogen and oxygen atoms in total. The molecule has 2 heterocycles. The van der Waals surface area contributed by atoms with Gasteiger partial charge in [-0.15, -0.1) is 11.3 Å². The van der Waals surface area contributed by atoms with Gasteiger partial charge in [0.05, 0.1) is 18.4 Å². The van der Waals surface area contributed by atoms with Crippen LogP contribution in [0.3, 0.4) is 0 Å². The van der Waals surface area contributed by atoms with Crippen molar-refractivity contribution in [3.63, 3.8) is 0 Å². The summed E-state index contributed by atoms with van der Waals surface area (Å²) in [5.74, 6) is -0.242. The molecule has 2 amide bonds. The number of anilines is 2. The molecule has 2 aromatic heterocycles. The van der Waals surface area contributed by atoms with Crippen LogP contribution in [0.2, 0.25) is 0 Å². The summed E-state index contributed by atoms with van der Waals surface area (Å²) in [6, 6.07) is 18.3. The van der Waals surface area contributed by atoms with Crippen LogP contribution in [0.15, 0.2) is 76.7 Å². The highest BCUT2D eigenvalue weighted by Crippen LogP contribution is 2.25. The highest BCUT2D eigenvalue weighted by Gasteiger charge is 2.11. The van der Waals surface area contributed by atoms with Crippen LogP contribution in [0.25, 0.3) is 10.6 Å². The molecule has 0 saturated carbocycles. The van der Waals surface area contributed by atoms with E-state index in [0.717, 1.165) is 16.3 Å². The van der Waals surface area contributed by atoms with Crippen molar-refractivity contribution in [1.82, 2.24) is 4.98 Å². The summed E-state index contributed by atoms with van der Waals surface area (Å²) in [6.45, 7) is 2.04. The quantitative estimate of drug-likeness (QED) is 0.455. The molecule has 0 spiro atoms. The lowest BCUT2D eigenvalue weighted by atomic mass is 10.1. The minimum absolute atomic E-state index is 0.150. The van der Waals surface area contributed by atoms with Gasteiger partial charge >= 0.3 is 0 Å². The molecule has 0 aliphatic carbocycles. The predicted octanol–water partition coefficient (Wildman–Crippen LogP) is 5.15. The second-order valence-electron chi connectivity index (χ2n) is 6.75. The summed E-state index contributed by atoms with van der Waals surface area (Å²) in [5, 5.41) is 8.39. The molecule has 30 heavy (non-hydrogen) atoms. The third kappa shape index (κ3) is 4.82. The Morgan fingerprint density at radius 3 is 2.47 bits per heavy atom. The molecule has 4 rings (SSSR count). The molecule has 4 aromatic rings. The van der Waals surface area contributed by atoms with E-state index < -0.39 is 0 Å². The van der Waals surface area contributed by atoms with Crippen LogP contribution in [-0.4, -0.2) is 16.8 Å². The van der Waals surface area contributed by atoms with Crippen molar-refractivity contribution in [3.8, 4) is 10.6 Å². The third-order valence-corrected chi connectivity index (χ3v) is 5.27. The molecule has 7 heteroatoms. The van der Waals surface area contributed by atoms with E-state index >= 15 is 0 Å². The Balaban J connectivity index is 1.33. The number of hydrogen-bond donors (Lipinski definition) is 2. The number of carbonyl (C=O) groups excluding carboxylic acids is 2. The lowest BCUT2D eigenvalue weighted by Gasteiger charge is -2.07. The van der Waals surface area contributed by atoms with Gasteiger partial charge in [-0.3, -0.25) is 9.59 Å². The number of furan rings is 1. The lowest BCUT2D eigenvalue weighted by molar-refractivity contribution is -0.115. The van der Waals surface area contributed by atoms with Crippen LogP contribution in [-0.2, 0) is 11.2 Å². The van der Waals surface area contributed by atoms with Crippen LogP contribution < -0.4 is 10.6 Å². The maximum Gasteiger partial charge on any atom is 0.291 e. The van der Waals surface area contributed by atoms with Gasteiger partial charge in [0.2, 0.25) is 5.91 Å². The molecule has 0 fully saturated rings. The van der Waals surface area contributed by atoms with Gasteiger partial charge in [0, 0.05) is 22.3 Å². The van der Waals surface area contributed by atoms with E-state index in [4.69, 9.17) is 4.42 Å². The minimum atomic E-state index is -0.329. The van der Waals surface area contributed by atoms with E-state index in [9.17, 15) is 9.59 Å². The Hall–Kier alpha value is -3.71. The van der Waals surface area contributed by atoms with Gasteiger partial charge in [0.15, 0.2) is 5.76 Å². The number of aromatic nitrogens is 1. The molecule has 0 atom stereocenters. The Morgan fingerprint density at radius 1 is 1.00 bits per heavy atom. The van der Waals surface area contributed by atoms with E-state index in [-0.39, 0.29) is 24.0 Å². The normalized spacial score (nSPS) is 10.6. The average Bonchev–Trinajstić information content (AvgIpc) is 3.42. The molecule has 150 valence electrons. The molecule has 2 aromatic carbocycles. The topological polar surface area (TPSA) is 84.2 Å². The summed E-state index contributed by atoms with van der Waals surface area (Å²) in [5.41, 5.74) is 4.21. The van der Waals surface area contributed by atoms with Crippen molar-refractivity contribution in [3.05, 3.63) is 89.3 Å². The van der Waals surface area contributed by atoms with Gasteiger partial charge in [0.25, 0.3) is 5.91 Å². The summed E-state index contributed by atoms with van der Waals surface area (Å²) in [4.78, 5) is 28.9. The number of carbonyl (C=O) groups is 2. The van der Waals surface area contributed by atoms with Crippen LogP contribution in [0, 0.1) is 6.92 Å². The van der Waals surface area contributed by atoms with Crippen molar-refractivity contribution in [1.29, 1.82) is 0 Å². The number of rotatable bonds is 6. The highest BCUT2D eigenvalue weighted by atomic mass is 32.1.